The molecule has 0 bridgehead atoms. The van der Waals surface area contributed by atoms with Gasteiger partial charge in [-0.05, 0) is 0 Å². The van der Waals surface area contributed by atoms with E-state index in [2.05, 4.69) is 25.4 Å². The van der Waals surface area contributed by atoms with Crippen molar-refractivity contribution in [3.05, 3.63) is 0 Å². The first-order chi connectivity index (χ1) is 7.04. The van der Waals surface area contributed by atoms with Gasteiger partial charge in [-0.15, -0.1) is 0 Å². The summed E-state index contributed by atoms with van der Waals surface area (Å²) in [5.41, 5.74) is 0. The van der Waals surface area contributed by atoms with Crippen LogP contribution in [-0.4, -0.2) is 55.4 Å². The lowest BCUT2D eigenvalue weighted by Crippen LogP contribution is -2.40. The van der Waals surface area contributed by atoms with E-state index in [4.69, 9.17) is 0 Å². The van der Waals surface area contributed by atoms with Crippen LogP contribution in [0.25, 0.3) is 0 Å². The van der Waals surface area contributed by atoms with E-state index in [1.54, 1.807) is 0 Å². The minimum Gasteiger partial charge on any atom is -0.468 e. The third-order valence-electron chi connectivity index (χ3n) is 1.56. The van der Waals surface area contributed by atoms with Crippen molar-refractivity contribution in [2.24, 2.45) is 0 Å². The molecule has 7 heteroatoms. The van der Waals surface area contributed by atoms with E-state index < -0.39 is 11.9 Å². The molecule has 0 aromatic carbocycles. The molecule has 0 radical (unpaired) electrons. The molecule has 0 aromatic heterocycles. The monoisotopic (exact) mass is 281 g/mol. The number of rotatable bonds is 5. The summed E-state index contributed by atoms with van der Waals surface area (Å²) in [6.07, 6.45) is 0. The summed E-state index contributed by atoms with van der Waals surface area (Å²) < 4.78 is 8.78. The Bertz CT molecular complexity index is 237. The van der Waals surface area contributed by atoms with Crippen LogP contribution in [-0.2, 0) is 23.9 Å². The molecule has 0 fully saturated rings. The van der Waals surface area contributed by atoms with Crippen LogP contribution in [0.15, 0.2) is 0 Å². The number of alkyl halides is 1. The molecule has 0 aliphatic carbocycles. The number of methoxy groups -OCH3 is 2. The van der Waals surface area contributed by atoms with E-state index in [-0.39, 0.29) is 24.3 Å². The zero-order valence-electron chi connectivity index (χ0n) is 8.49. The summed E-state index contributed by atoms with van der Waals surface area (Å²) in [5.74, 6) is -1.56. The Labute approximate surface area is 95.6 Å². The first-order valence-corrected chi connectivity index (χ1v) is 5.14. The molecule has 0 aromatic rings. The predicted octanol–water partition coefficient (Wildman–Crippen LogP) is -0.444. The Hall–Kier alpha value is -1.11. The first kappa shape index (κ1) is 13.9. The van der Waals surface area contributed by atoms with Gasteiger partial charge in [-0.25, -0.2) is 0 Å². The summed E-state index contributed by atoms with van der Waals surface area (Å²) in [6, 6.07) is 0. The number of halogens is 1. The van der Waals surface area contributed by atoms with E-state index in [1.807, 2.05) is 0 Å². The minimum absolute atomic E-state index is 0.0288. The number of carbonyl (C=O) groups is 3. The summed E-state index contributed by atoms with van der Waals surface area (Å²) in [4.78, 5) is 34.2. The van der Waals surface area contributed by atoms with Crippen molar-refractivity contribution in [1.29, 1.82) is 0 Å². The molecule has 0 atom stereocenters. The fourth-order valence-electron chi connectivity index (χ4n) is 0.758. The van der Waals surface area contributed by atoms with Crippen molar-refractivity contribution in [3.8, 4) is 0 Å². The van der Waals surface area contributed by atoms with Crippen LogP contribution in [0.3, 0.4) is 0 Å². The van der Waals surface area contributed by atoms with Crippen LogP contribution in [0.2, 0.25) is 0 Å². The van der Waals surface area contributed by atoms with Crippen LogP contribution in [0.1, 0.15) is 0 Å². The van der Waals surface area contributed by atoms with Gasteiger partial charge < -0.3 is 14.4 Å². The molecule has 0 N–H and O–H groups in total. The highest BCUT2D eigenvalue weighted by molar-refractivity contribution is 9.09. The van der Waals surface area contributed by atoms with E-state index in [1.165, 1.54) is 14.2 Å². The van der Waals surface area contributed by atoms with Crippen LogP contribution in [0.4, 0.5) is 0 Å². The van der Waals surface area contributed by atoms with Crippen LogP contribution < -0.4 is 0 Å². The lowest BCUT2D eigenvalue weighted by Gasteiger charge is -2.18. The van der Waals surface area contributed by atoms with Gasteiger partial charge >= 0.3 is 11.9 Å². The zero-order valence-corrected chi connectivity index (χ0v) is 10.1. The highest BCUT2D eigenvalue weighted by Crippen LogP contribution is 1.96. The third kappa shape index (κ3) is 5.36. The van der Waals surface area contributed by atoms with E-state index in [0.29, 0.717) is 0 Å². The average molecular weight is 282 g/mol. The molecular weight excluding hydrogens is 270 g/mol. The van der Waals surface area contributed by atoms with Crippen molar-refractivity contribution in [3.63, 3.8) is 0 Å². The minimum atomic E-state index is -0.590. The normalized spacial score (nSPS) is 9.27. The van der Waals surface area contributed by atoms with Gasteiger partial charge in [0.15, 0.2) is 0 Å². The van der Waals surface area contributed by atoms with E-state index in [9.17, 15) is 14.4 Å². The maximum absolute atomic E-state index is 11.3. The SMILES string of the molecule is COC(=O)CN(CC(=O)OC)C(=O)CBr. The molecule has 86 valence electrons. The Kier molecular flexibility index (Phi) is 6.68. The number of hydrogen-bond acceptors (Lipinski definition) is 5. The first-order valence-electron chi connectivity index (χ1n) is 4.02. The van der Waals surface area contributed by atoms with Gasteiger partial charge in [0.2, 0.25) is 5.91 Å². The lowest BCUT2D eigenvalue weighted by atomic mass is 10.4. The van der Waals surface area contributed by atoms with Crippen LogP contribution >= 0.6 is 15.9 Å². The topological polar surface area (TPSA) is 72.9 Å². The Morgan fingerprint density at radius 3 is 1.73 bits per heavy atom. The van der Waals surface area contributed by atoms with Crippen molar-refractivity contribution in [1.82, 2.24) is 4.90 Å². The Balaban J connectivity index is 4.37. The predicted molar refractivity (Wildman–Crippen MR) is 54.4 cm³/mol. The maximum Gasteiger partial charge on any atom is 0.325 e. The molecule has 15 heavy (non-hydrogen) atoms. The molecule has 1 amide bonds. The Morgan fingerprint density at radius 2 is 1.47 bits per heavy atom. The molecule has 0 rings (SSSR count). The molecule has 6 nitrogen and oxygen atoms in total. The van der Waals surface area contributed by atoms with Gasteiger partial charge in [-0.3, -0.25) is 14.4 Å². The maximum atomic E-state index is 11.3. The van der Waals surface area contributed by atoms with Gasteiger partial charge in [0.25, 0.3) is 0 Å². The van der Waals surface area contributed by atoms with Gasteiger partial charge in [-0.1, -0.05) is 15.9 Å². The largest absolute Gasteiger partial charge is 0.468 e. The number of ether oxygens (including phenoxy) is 2. The van der Waals surface area contributed by atoms with E-state index in [0.717, 1.165) is 4.90 Å². The quantitative estimate of drug-likeness (QED) is 0.504. The summed E-state index contributed by atoms with van der Waals surface area (Å²) in [6.45, 7) is -0.536. The number of esters is 2. The van der Waals surface area contributed by atoms with Gasteiger partial charge in [0, 0.05) is 0 Å². The second-order valence-electron chi connectivity index (χ2n) is 2.54. The second-order valence-corrected chi connectivity index (χ2v) is 3.10. The van der Waals surface area contributed by atoms with E-state index >= 15 is 0 Å². The second kappa shape index (κ2) is 7.22. The Morgan fingerprint density at radius 1 is 1.07 bits per heavy atom. The standard InChI is InChI=1S/C8H12BrNO5/c1-14-7(12)4-10(6(11)3-9)5-8(13)15-2/h3-5H2,1-2H3. The molecule has 0 heterocycles. The summed E-state index contributed by atoms with van der Waals surface area (Å²) >= 11 is 2.94. The molecular formula is C8H12BrNO5. The molecule has 0 aliphatic heterocycles. The molecule has 0 spiro atoms. The average Bonchev–Trinajstić information content (AvgIpc) is 2.26. The molecule has 0 saturated carbocycles. The smallest absolute Gasteiger partial charge is 0.325 e. The number of amides is 1. The number of carbonyl (C=O) groups excluding carboxylic acids is 3. The summed E-state index contributed by atoms with van der Waals surface area (Å²) in [7, 11) is 2.41. The zero-order chi connectivity index (χ0) is 11.8. The summed E-state index contributed by atoms with van der Waals surface area (Å²) in [5, 5.41) is 0.0288. The lowest BCUT2D eigenvalue weighted by molar-refractivity contribution is -0.151. The highest BCUT2D eigenvalue weighted by Gasteiger charge is 2.19. The fourth-order valence-corrected chi connectivity index (χ4v) is 1.11. The third-order valence-corrected chi connectivity index (χ3v) is 2.04. The highest BCUT2D eigenvalue weighted by atomic mass is 79.9. The van der Waals surface area contributed by atoms with Gasteiger partial charge in [0.05, 0.1) is 19.5 Å². The number of hydrogen-bond donors (Lipinski definition) is 0. The fraction of sp³-hybridized carbons (Fsp3) is 0.625. The van der Waals surface area contributed by atoms with Crippen molar-refractivity contribution in [2.75, 3.05) is 32.6 Å². The molecule has 0 saturated heterocycles. The molecule has 0 aliphatic rings. The van der Waals surface area contributed by atoms with Crippen LogP contribution in [0.5, 0.6) is 0 Å². The molecule has 0 unspecified atom stereocenters. The van der Waals surface area contributed by atoms with Crippen LogP contribution in [0, 0.1) is 0 Å². The van der Waals surface area contributed by atoms with Gasteiger partial charge in [0.1, 0.15) is 13.1 Å². The van der Waals surface area contributed by atoms with Crippen molar-refractivity contribution < 1.29 is 23.9 Å². The number of nitrogens with zero attached hydrogens (tertiary/aromatic N) is 1. The van der Waals surface area contributed by atoms with Crippen molar-refractivity contribution in [2.45, 2.75) is 0 Å². The van der Waals surface area contributed by atoms with Gasteiger partial charge in [-0.2, -0.15) is 0 Å². The van der Waals surface area contributed by atoms with Crippen molar-refractivity contribution >= 4 is 33.8 Å².